The first-order valence-corrected chi connectivity index (χ1v) is 16.6. The molecule has 2 aliphatic heterocycles. The highest BCUT2D eigenvalue weighted by Crippen LogP contribution is 2.57. The standard InChI is InChI=1S/C43H33BN2/c1-43(2)33-24-13-12-22-31(33)41-42(43)44-34-25-14-23-32-37(28-16-6-3-7-17-28)39(29-18-8-4-9-19-29)46(40(32)34)36-27-15-26-35(38(36)44)45(41)30-20-10-5-11-21-30/h3-12,14-23,25-27H,13,24H2,1-2H3. The lowest BCUT2D eigenvalue weighted by Gasteiger charge is -2.43. The molecule has 0 atom stereocenters. The van der Waals surface area contributed by atoms with Gasteiger partial charge in [0.25, 0.3) is 0 Å². The van der Waals surface area contributed by atoms with E-state index in [1.54, 1.807) is 5.57 Å². The molecule has 0 radical (unpaired) electrons. The molecule has 4 aliphatic rings. The Hall–Kier alpha value is -5.28. The monoisotopic (exact) mass is 588 g/mol. The normalized spacial score (nSPS) is 17.0. The number of nitrogens with zero attached hydrogens (tertiary/aromatic N) is 2. The summed E-state index contributed by atoms with van der Waals surface area (Å²) in [5.74, 6) is 0. The van der Waals surface area contributed by atoms with Gasteiger partial charge in [-0.1, -0.05) is 140 Å². The van der Waals surface area contributed by atoms with Crippen LogP contribution in [0.4, 0.5) is 11.4 Å². The maximum Gasteiger partial charge on any atom is 0.248 e. The van der Waals surface area contributed by atoms with Crippen LogP contribution in [0.3, 0.4) is 0 Å². The van der Waals surface area contributed by atoms with E-state index in [-0.39, 0.29) is 12.1 Å². The van der Waals surface area contributed by atoms with E-state index in [4.69, 9.17) is 0 Å². The van der Waals surface area contributed by atoms with Gasteiger partial charge < -0.3 is 9.47 Å². The van der Waals surface area contributed by atoms with Gasteiger partial charge in [0.15, 0.2) is 0 Å². The Morgan fingerprint density at radius 2 is 1.35 bits per heavy atom. The summed E-state index contributed by atoms with van der Waals surface area (Å²) in [5, 5.41) is 1.32. The van der Waals surface area contributed by atoms with E-state index in [1.807, 2.05) is 0 Å². The Morgan fingerprint density at radius 3 is 2.11 bits per heavy atom. The quantitative estimate of drug-likeness (QED) is 0.187. The molecular formula is C43H33BN2. The number of hydrogen-bond donors (Lipinski definition) is 0. The Labute approximate surface area is 270 Å². The Bertz CT molecular complexity index is 2320. The minimum atomic E-state index is -0.0701. The molecule has 5 aromatic carbocycles. The second-order valence-electron chi connectivity index (χ2n) is 13.6. The third-order valence-corrected chi connectivity index (χ3v) is 10.9. The van der Waals surface area contributed by atoms with Crippen molar-refractivity contribution in [2.24, 2.45) is 5.41 Å². The molecule has 0 N–H and O–H groups in total. The molecule has 46 heavy (non-hydrogen) atoms. The molecule has 0 unspecified atom stereocenters. The summed E-state index contributed by atoms with van der Waals surface area (Å²) in [5.41, 5.74) is 18.9. The second kappa shape index (κ2) is 9.37. The van der Waals surface area contributed by atoms with Gasteiger partial charge >= 0.3 is 0 Å². The molecule has 10 rings (SSSR count). The molecule has 0 amide bonds. The van der Waals surface area contributed by atoms with Crippen LogP contribution < -0.4 is 15.8 Å². The zero-order valence-corrected chi connectivity index (χ0v) is 26.2. The highest BCUT2D eigenvalue weighted by atomic mass is 15.2. The molecule has 0 fully saturated rings. The fraction of sp³-hybridized carbons (Fsp3) is 0.116. The molecule has 0 saturated heterocycles. The van der Waals surface area contributed by atoms with Crippen molar-refractivity contribution in [1.29, 1.82) is 0 Å². The van der Waals surface area contributed by atoms with Crippen LogP contribution in [0.1, 0.15) is 26.7 Å². The molecule has 0 bridgehead atoms. The number of para-hydroxylation sites is 2. The summed E-state index contributed by atoms with van der Waals surface area (Å²) in [4.78, 5) is 2.58. The molecule has 1 aromatic heterocycles. The smallest absolute Gasteiger partial charge is 0.248 e. The number of rotatable bonds is 3. The van der Waals surface area contributed by atoms with Gasteiger partial charge in [0, 0.05) is 44.6 Å². The molecule has 3 heterocycles. The zero-order chi connectivity index (χ0) is 30.6. The van der Waals surface area contributed by atoms with Crippen molar-refractivity contribution >= 4 is 39.9 Å². The van der Waals surface area contributed by atoms with Crippen LogP contribution in [-0.4, -0.2) is 11.3 Å². The van der Waals surface area contributed by atoms with Gasteiger partial charge in [-0.25, -0.2) is 0 Å². The van der Waals surface area contributed by atoms with Crippen LogP contribution in [0.2, 0.25) is 0 Å². The van der Waals surface area contributed by atoms with Crippen LogP contribution >= 0.6 is 0 Å². The summed E-state index contributed by atoms with van der Waals surface area (Å²) in [6, 6.07) is 47.1. The lowest BCUT2D eigenvalue weighted by Crippen LogP contribution is -2.56. The first-order chi connectivity index (χ1) is 22.6. The Kier molecular flexibility index (Phi) is 5.30. The molecule has 0 spiro atoms. The van der Waals surface area contributed by atoms with Crippen LogP contribution in [-0.2, 0) is 0 Å². The first-order valence-electron chi connectivity index (χ1n) is 16.6. The average molecular weight is 589 g/mol. The van der Waals surface area contributed by atoms with Gasteiger partial charge in [-0.2, -0.15) is 0 Å². The maximum atomic E-state index is 2.60. The highest BCUT2D eigenvalue weighted by Gasteiger charge is 2.52. The molecule has 3 heteroatoms. The summed E-state index contributed by atoms with van der Waals surface area (Å²) in [6.07, 6.45) is 7.02. The summed E-state index contributed by atoms with van der Waals surface area (Å²) < 4.78 is 2.60. The number of anilines is 2. The van der Waals surface area contributed by atoms with Crippen molar-refractivity contribution in [3.63, 3.8) is 0 Å². The van der Waals surface area contributed by atoms with Crippen molar-refractivity contribution in [3.05, 3.63) is 162 Å². The van der Waals surface area contributed by atoms with E-state index >= 15 is 0 Å². The zero-order valence-electron chi connectivity index (χ0n) is 26.2. The minimum Gasteiger partial charge on any atom is -0.311 e. The van der Waals surface area contributed by atoms with Gasteiger partial charge in [0.05, 0.1) is 5.69 Å². The van der Waals surface area contributed by atoms with Crippen LogP contribution in [0, 0.1) is 5.41 Å². The predicted octanol–water partition coefficient (Wildman–Crippen LogP) is 9.52. The fourth-order valence-electron chi connectivity index (χ4n) is 9.13. The van der Waals surface area contributed by atoms with Crippen molar-refractivity contribution in [1.82, 2.24) is 4.57 Å². The van der Waals surface area contributed by atoms with Crippen LogP contribution in [0.15, 0.2) is 162 Å². The van der Waals surface area contributed by atoms with Gasteiger partial charge in [-0.05, 0) is 64.7 Å². The van der Waals surface area contributed by atoms with E-state index < -0.39 is 0 Å². The third kappa shape index (κ3) is 3.27. The number of hydrogen-bond acceptors (Lipinski definition) is 1. The first kappa shape index (κ1) is 26.0. The molecule has 218 valence electrons. The molecule has 0 saturated carbocycles. The van der Waals surface area contributed by atoms with E-state index in [0.29, 0.717) is 0 Å². The van der Waals surface area contributed by atoms with Crippen molar-refractivity contribution < 1.29 is 0 Å². The largest absolute Gasteiger partial charge is 0.311 e. The lowest BCUT2D eigenvalue weighted by atomic mass is 9.30. The van der Waals surface area contributed by atoms with Crippen molar-refractivity contribution in [2.45, 2.75) is 26.7 Å². The number of allylic oxidation sites excluding steroid dienone is 4. The van der Waals surface area contributed by atoms with Crippen molar-refractivity contribution in [2.75, 3.05) is 4.90 Å². The minimum absolute atomic E-state index is 0.0701. The summed E-state index contributed by atoms with van der Waals surface area (Å²) >= 11 is 0. The van der Waals surface area contributed by atoms with Gasteiger partial charge in [0.2, 0.25) is 6.71 Å². The average Bonchev–Trinajstić information content (AvgIpc) is 3.58. The molecule has 2 aliphatic carbocycles. The number of aromatic nitrogens is 1. The molecule has 6 aromatic rings. The maximum absolute atomic E-state index is 2.60. The van der Waals surface area contributed by atoms with Crippen molar-refractivity contribution in [3.8, 4) is 28.1 Å². The van der Waals surface area contributed by atoms with Crippen LogP contribution in [0.5, 0.6) is 0 Å². The topological polar surface area (TPSA) is 8.17 Å². The van der Waals surface area contributed by atoms with Gasteiger partial charge in [-0.3, -0.25) is 0 Å². The van der Waals surface area contributed by atoms with Gasteiger partial charge in [0.1, 0.15) is 0 Å². The van der Waals surface area contributed by atoms with E-state index in [2.05, 4.69) is 163 Å². The van der Waals surface area contributed by atoms with E-state index in [9.17, 15) is 0 Å². The highest BCUT2D eigenvalue weighted by molar-refractivity contribution is 6.95. The molecule has 2 nitrogen and oxygen atoms in total. The van der Waals surface area contributed by atoms with E-state index in [0.717, 1.165) is 12.8 Å². The Morgan fingerprint density at radius 1 is 0.674 bits per heavy atom. The van der Waals surface area contributed by atoms with E-state index in [1.165, 1.54) is 78.0 Å². The van der Waals surface area contributed by atoms with Gasteiger partial charge in [-0.15, -0.1) is 0 Å². The summed E-state index contributed by atoms with van der Waals surface area (Å²) in [7, 11) is 0. The number of fused-ring (bicyclic) bond motifs is 4. The third-order valence-electron chi connectivity index (χ3n) is 10.9. The number of benzene rings is 5. The fourth-order valence-corrected chi connectivity index (χ4v) is 9.13. The Balaban J connectivity index is 1.39. The lowest BCUT2D eigenvalue weighted by molar-refractivity contribution is 0.544. The second-order valence-corrected chi connectivity index (χ2v) is 13.6. The SMILES string of the molecule is CC1(C)C2=C(C=CCC2)C2=C1B1c3c(cccc3-n3c(-c4ccccc4)c(-c4ccccc4)c4cccc1c43)N2c1ccccc1. The van der Waals surface area contributed by atoms with Crippen LogP contribution in [0.25, 0.3) is 39.0 Å². The summed E-state index contributed by atoms with van der Waals surface area (Å²) in [6.45, 7) is 5.13. The predicted molar refractivity (Wildman–Crippen MR) is 194 cm³/mol. The molecular weight excluding hydrogens is 555 g/mol.